The van der Waals surface area contributed by atoms with Crippen LogP contribution < -0.4 is 5.73 Å². The van der Waals surface area contributed by atoms with E-state index in [2.05, 4.69) is 22.4 Å². The van der Waals surface area contributed by atoms with Gasteiger partial charge in [0.25, 0.3) is 10.1 Å². The van der Waals surface area contributed by atoms with E-state index in [0.29, 0.717) is 11.4 Å². The van der Waals surface area contributed by atoms with Crippen LogP contribution in [0.15, 0.2) is 112 Å². The molecule has 0 saturated carbocycles. The van der Waals surface area contributed by atoms with Crippen LogP contribution in [0.5, 0.6) is 0 Å². The molecule has 0 aliphatic heterocycles. The Morgan fingerprint density at radius 2 is 1.21 bits per heavy atom. The van der Waals surface area contributed by atoms with E-state index in [1.165, 1.54) is 29.7 Å². The summed E-state index contributed by atoms with van der Waals surface area (Å²) >= 11 is 0. The van der Waals surface area contributed by atoms with Crippen molar-refractivity contribution >= 4 is 38.0 Å². The Morgan fingerprint density at radius 3 is 1.83 bits per heavy atom. The van der Waals surface area contributed by atoms with Crippen molar-refractivity contribution in [2.24, 2.45) is 10.2 Å². The van der Waals surface area contributed by atoms with Gasteiger partial charge in [0.2, 0.25) is 0 Å². The highest BCUT2D eigenvalue weighted by atomic mass is 32.2. The monoisotopic (exact) mass is 405 g/mol. The van der Waals surface area contributed by atoms with E-state index in [0.717, 1.165) is 11.1 Å². The van der Waals surface area contributed by atoms with Crippen molar-refractivity contribution in [1.82, 2.24) is 0 Å². The lowest BCUT2D eigenvalue weighted by Crippen LogP contribution is -1.96. The molecule has 4 rings (SSSR count). The molecule has 0 bridgehead atoms. The first-order valence-electron chi connectivity index (χ1n) is 8.71. The van der Waals surface area contributed by atoms with Crippen molar-refractivity contribution in [2.75, 3.05) is 5.73 Å². The molecule has 0 saturated heterocycles. The van der Waals surface area contributed by atoms with Gasteiger partial charge in [-0.3, -0.25) is 4.55 Å². The van der Waals surface area contributed by atoms with Crippen molar-refractivity contribution in [3.63, 3.8) is 0 Å². The lowest BCUT2D eigenvalue weighted by Gasteiger charge is -1.98. The number of nitrogens with two attached hydrogens (primary N) is 1. The van der Waals surface area contributed by atoms with Gasteiger partial charge in [-0.1, -0.05) is 54.6 Å². The standard InChI is InChI=1S/C12H10N2O3S.C10H9N/c15-18(16,17)12-8-6-11(7-9-12)14-13-10-4-2-1-3-5-10;11-10-7-3-5-8-4-1-2-6-9(8)10/h1-9H,(H,15,16,17);1-7H,11H2. The maximum absolute atomic E-state index is 10.8. The quantitative estimate of drug-likeness (QED) is 0.256. The lowest BCUT2D eigenvalue weighted by atomic mass is 10.1. The van der Waals surface area contributed by atoms with Crippen LogP contribution >= 0.6 is 0 Å². The maximum Gasteiger partial charge on any atom is 0.294 e. The SMILES string of the molecule is Nc1cccc2ccccc12.O=S(=O)(O)c1ccc(N=Nc2ccccc2)cc1. The van der Waals surface area contributed by atoms with Gasteiger partial charge < -0.3 is 5.73 Å². The number of nitrogen functional groups attached to an aromatic ring is 1. The first kappa shape index (κ1) is 20.2. The highest BCUT2D eigenvalue weighted by Gasteiger charge is 2.07. The third-order valence-corrected chi connectivity index (χ3v) is 4.86. The molecule has 4 aromatic rings. The number of hydrogen-bond donors (Lipinski definition) is 2. The number of rotatable bonds is 3. The Bertz CT molecular complexity index is 1220. The minimum Gasteiger partial charge on any atom is -0.398 e. The zero-order valence-electron chi connectivity index (χ0n) is 15.4. The highest BCUT2D eigenvalue weighted by molar-refractivity contribution is 7.85. The predicted octanol–water partition coefficient (Wildman–Crippen LogP) is 5.77. The number of azo groups is 1. The molecule has 0 aliphatic rings. The molecule has 6 nitrogen and oxygen atoms in total. The van der Waals surface area contributed by atoms with Crippen LogP contribution in [0.25, 0.3) is 10.8 Å². The molecular weight excluding hydrogens is 386 g/mol. The topological polar surface area (TPSA) is 105 Å². The average Bonchev–Trinajstić information content (AvgIpc) is 2.74. The summed E-state index contributed by atoms with van der Waals surface area (Å²) < 4.78 is 30.5. The zero-order chi connectivity index (χ0) is 20.7. The van der Waals surface area contributed by atoms with E-state index >= 15 is 0 Å². The average molecular weight is 405 g/mol. The van der Waals surface area contributed by atoms with Gasteiger partial charge in [0.05, 0.1) is 16.3 Å². The largest absolute Gasteiger partial charge is 0.398 e. The van der Waals surface area contributed by atoms with Crippen molar-refractivity contribution in [3.05, 3.63) is 97.1 Å². The molecule has 4 aromatic carbocycles. The molecule has 0 radical (unpaired) electrons. The van der Waals surface area contributed by atoms with Crippen molar-refractivity contribution in [1.29, 1.82) is 0 Å². The smallest absolute Gasteiger partial charge is 0.294 e. The lowest BCUT2D eigenvalue weighted by molar-refractivity contribution is 0.483. The number of nitrogens with zero attached hydrogens (tertiary/aromatic N) is 2. The molecule has 0 atom stereocenters. The molecule has 0 aromatic heterocycles. The van der Waals surface area contributed by atoms with Crippen LogP contribution in [0.2, 0.25) is 0 Å². The van der Waals surface area contributed by atoms with Crippen LogP contribution in [0.1, 0.15) is 0 Å². The summed E-state index contributed by atoms with van der Waals surface area (Å²) in [6, 6.07) is 28.7. The second-order valence-corrected chi connectivity index (χ2v) is 7.49. The Kier molecular flexibility index (Phi) is 6.33. The van der Waals surface area contributed by atoms with Gasteiger partial charge in [-0.2, -0.15) is 18.6 Å². The molecular formula is C22H19N3O3S. The number of hydrogen-bond acceptors (Lipinski definition) is 5. The predicted molar refractivity (Wildman–Crippen MR) is 115 cm³/mol. The summed E-state index contributed by atoms with van der Waals surface area (Å²) in [5.74, 6) is 0. The van der Waals surface area contributed by atoms with E-state index in [-0.39, 0.29) is 4.90 Å². The van der Waals surface area contributed by atoms with Gasteiger partial charge in [0.15, 0.2) is 0 Å². The van der Waals surface area contributed by atoms with Crippen LogP contribution in [0.3, 0.4) is 0 Å². The fraction of sp³-hybridized carbons (Fsp3) is 0. The molecule has 29 heavy (non-hydrogen) atoms. The van der Waals surface area contributed by atoms with Gasteiger partial charge in [-0.05, 0) is 47.9 Å². The normalized spacial score (nSPS) is 11.2. The van der Waals surface area contributed by atoms with E-state index in [4.69, 9.17) is 10.3 Å². The number of benzene rings is 4. The summed E-state index contributed by atoms with van der Waals surface area (Å²) in [5.41, 5.74) is 7.82. The molecule has 7 heteroatoms. The summed E-state index contributed by atoms with van der Waals surface area (Å²) in [6.45, 7) is 0. The maximum atomic E-state index is 10.8. The van der Waals surface area contributed by atoms with Gasteiger partial charge in [-0.25, -0.2) is 0 Å². The molecule has 0 fully saturated rings. The van der Waals surface area contributed by atoms with Gasteiger partial charge in [-0.15, -0.1) is 0 Å². The molecule has 0 heterocycles. The summed E-state index contributed by atoms with van der Waals surface area (Å²) in [5, 5.41) is 10.3. The van der Waals surface area contributed by atoms with Crippen molar-refractivity contribution < 1.29 is 13.0 Å². The third-order valence-electron chi connectivity index (χ3n) is 4.00. The Hall–Kier alpha value is -3.55. The zero-order valence-corrected chi connectivity index (χ0v) is 16.2. The number of fused-ring (bicyclic) bond motifs is 1. The van der Waals surface area contributed by atoms with Crippen molar-refractivity contribution in [2.45, 2.75) is 4.90 Å². The molecule has 146 valence electrons. The van der Waals surface area contributed by atoms with E-state index < -0.39 is 10.1 Å². The molecule has 0 spiro atoms. The second-order valence-electron chi connectivity index (χ2n) is 6.07. The van der Waals surface area contributed by atoms with Crippen LogP contribution in [-0.4, -0.2) is 13.0 Å². The Morgan fingerprint density at radius 1 is 0.655 bits per heavy atom. The Balaban J connectivity index is 0.000000186. The van der Waals surface area contributed by atoms with Crippen molar-refractivity contribution in [3.8, 4) is 0 Å². The Labute approximate surface area is 169 Å². The minimum absolute atomic E-state index is 0.166. The fourth-order valence-electron chi connectivity index (χ4n) is 2.55. The first-order chi connectivity index (χ1) is 13.9. The third kappa shape index (κ3) is 5.71. The van der Waals surface area contributed by atoms with Gasteiger partial charge in [0.1, 0.15) is 0 Å². The van der Waals surface area contributed by atoms with E-state index in [9.17, 15) is 8.42 Å². The number of anilines is 1. The molecule has 0 amide bonds. The van der Waals surface area contributed by atoms with Crippen LogP contribution in [0.4, 0.5) is 17.1 Å². The summed E-state index contributed by atoms with van der Waals surface area (Å²) in [7, 11) is -4.16. The second kappa shape index (κ2) is 9.09. The van der Waals surface area contributed by atoms with E-state index in [1.807, 2.05) is 48.5 Å². The van der Waals surface area contributed by atoms with Gasteiger partial charge >= 0.3 is 0 Å². The first-order valence-corrected chi connectivity index (χ1v) is 10.1. The van der Waals surface area contributed by atoms with Crippen LogP contribution in [0, 0.1) is 0 Å². The van der Waals surface area contributed by atoms with E-state index in [1.54, 1.807) is 12.1 Å². The fourth-order valence-corrected chi connectivity index (χ4v) is 3.03. The molecule has 3 N–H and O–H groups in total. The molecule has 0 aliphatic carbocycles. The summed E-state index contributed by atoms with van der Waals surface area (Å²) in [4.78, 5) is -0.166. The van der Waals surface area contributed by atoms with Gasteiger partial charge in [0, 0.05) is 11.1 Å². The summed E-state index contributed by atoms with van der Waals surface area (Å²) in [6.07, 6.45) is 0. The van der Waals surface area contributed by atoms with Crippen LogP contribution in [-0.2, 0) is 10.1 Å². The molecule has 0 unspecified atom stereocenters. The highest BCUT2D eigenvalue weighted by Crippen LogP contribution is 2.20. The minimum atomic E-state index is -4.16.